The van der Waals surface area contributed by atoms with Gasteiger partial charge in [-0.1, -0.05) is 27.2 Å². The van der Waals surface area contributed by atoms with Crippen molar-refractivity contribution in [1.82, 2.24) is 4.98 Å². The fourth-order valence-corrected chi connectivity index (χ4v) is 2.12. The second kappa shape index (κ2) is 5.96. The molecule has 0 unspecified atom stereocenters. The Morgan fingerprint density at radius 1 is 1.62 bits per heavy atom. The molecule has 0 saturated heterocycles. The molecule has 0 saturated carbocycles. The van der Waals surface area contributed by atoms with E-state index in [0.29, 0.717) is 17.5 Å². The Morgan fingerprint density at radius 2 is 2.31 bits per heavy atom. The number of rotatable bonds is 5. The predicted octanol–water partition coefficient (Wildman–Crippen LogP) is 2.33. The monoisotopic (exact) mass is 241 g/mol. The van der Waals surface area contributed by atoms with E-state index >= 15 is 0 Å². The number of hydrogen-bond donors (Lipinski definition) is 2. The third-order valence-electron chi connectivity index (χ3n) is 2.28. The van der Waals surface area contributed by atoms with Crippen LogP contribution < -0.4 is 11.1 Å². The van der Waals surface area contributed by atoms with E-state index in [1.807, 2.05) is 12.3 Å². The molecule has 90 valence electrons. The molecule has 0 bridgehead atoms. The molecule has 0 aliphatic rings. The van der Waals surface area contributed by atoms with Gasteiger partial charge in [-0.05, 0) is 12.3 Å². The maximum Gasteiger partial charge on any atom is 0.243 e. The Bertz CT molecular complexity index is 349. The van der Waals surface area contributed by atoms with Gasteiger partial charge >= 0.3 is 0 Å². The smallest absolute Gasteiger partial charge is 0.243 e. The summed E-state index contributed by atoms with van der Waals surface area (Å²) in [5.41, 5.74) is 6.71. The first-order valence-corrected chi connectivity index (χ1v) is 6.44. The molecule has 0 aromatic carbocycles. The first-order valence-electron chi connectivity index (χ1n) is 5.56. The normalized spacial score (nSPS) is 12.8. The van der Waals surface area contributed by atoms with Crippen LogP contribution in [0.5, 0.6) is 0 Å². The zero-order valence-electron chi connectivity index (χ0n) is 9.99. The van der Waals surface area contributed by atoms with Gasteiger partial charge < -0.3 is 11.1 Å². The molecule has 0 aliphatic heterocycles. The Balaban J connectivity index is 2.56. The van der Waals surface area contributed by atoms with Crippen molar-refractivity contribution in [1.29, 1.82) is 0 Å². The molecule has 0 aliphatic carbocycles. The summed E-state index contributed by atoms with van der Waals surface area (Å²) in [5.74, 6) is 0.234. The average Bonchev–Trinajstić information content (AvgIpc) is 2.66. The summed E-state index contributed by atoms with van der Waals surface area (Å²) in [6, 6.07) is -0.434. The van der Waals surface area contributed by atoms with Crippen LogP contribution in [0.3, 0.4) is 0 Å². The number of carbonyl (C=O) groups is 1. The largest absolute Gasteiger partial charge is 0.320 e. The third-order valence-corrected chi connectivity index (χ3v) is 3.06. The molecule has 1 aromatic rings. The van der Waals surface area contributed by atoms with E-state index in [1.165, 1.54) is 11.3 Å². The van der Waals surface area contributed by atoms with Crippen molar-refractivity contribution in [3.8, 4) is 0 Å². The number of nitrogens with one attached hydrogen (secondary N) is 1. The van der Waals surface area contributed by atoms with Gasteiger partial charge in [0.25, 0.3) is 0 Å². The summed E-state index contributed by atoms with van der Waals surface area (Å²) < 4.78 is 0. The molecule has 0 fully saturated rings. The van der Waals surface area contributed by atoms with Crippen molar-refractivity contribution in [2.45, 2.75) is 45.6 Å². The second-order valence-corrected chi connectivity index (χ2v) is 4.97. The zero-order chi connectivity index (χ0) is 12.1. The van der Waals surface area contributed by atoms with Crippen LogP contribution in [0.1, 0.15) is 45.2 Å². The van der Waals surface area contributed by atoms with Gasteiger partial charge in [-0.15, -0.1) is 11.3 Å². The van der Waals surface area contributed by atoms with Gasteiger partial charge in [0, 0.05) is 5.38 Å². The maximum absolute atomic E-state index is 11.6. The van der Waals surface area contributed by atoms with E-state index in [9.17, 15) is 4.79 Å². The molecule has 16 heavy (non-hydrogen) atoms. The second-order valence-electron chi connectivity index (χ2n) is 4.12. The molecule has 1 heterocycles. The number of aromatic nitrogens is 1. The Hall–Kier alpha value is -0.940. The van der Waals surface area contributed by atoms with E-state index in [0.717, 1.165) is 12.1 Å². The molecular weight excluding hydrogens is 222 g/mol. The third kappa shape index (κ3) is 3.57. The molecule has 0 spiro atoms. The Kier molecular flexibility index (Phi) is 4.89. The number of thiazole rings is 1. The molecule has 1 aromatic heterocycles. The van der Waals surface area contributed by atoms with Crippen LogP contribution >= 0.6 is 11.3 Å². The molecule has 3 N–H and O–H groups in total. The van der Waals surface area contributed by atoms with Crippen molar-refractivity contribution in [2.24, 2.45) is 5.73 Å². The highest BCUT2D eigenvalue weighted by Gasteiger charge is 2.14. The van der Waals surface area contributed by atoms with Gasteiger partial charge in [0.1, 0.15) is 0 Å². The van der Waals surface area contributed by atoms with Gasteiger partial charge in [-0.3, -0.25) is 4.79 Å². The summed E-state index contributed by atoms with van der Waals surface area (Å²) in [6.07, 6.45) is 1.61. The van der Waals surface area contributed by atoms with E-state index in [2.05, 4.69) is 24.1 Å². The van der Waals surface area contributed by atoms with Crippen LogP contribution in [0.25, 0.3) is 0 Å². The van der Waals surface area contributed by atoms with Crippen molar-refractivity contribution in [3.63, 3.8) is 0 Å². The summed E-state index contributed by atoms with van der Waals surface area (Å²) in [7, 11) is 0. The van der Waals surface area contributed by atoms with Crippen molar-refractivity contribution in [3.05, 3.63) is 11.1 Å². The molecule has 1 rings (SSSR count). The predicted molar refractivity (Wildman–Crippen MR) is 67.7 cm³/mol. The van der Waals surface area contributed by atoms with Gasteiger partial charge in [-0.2, -0.15) is 0 Å². The summed E-state index contributed by atoms with van der Waals surface area (Å²) in [6.45, 7) is 6.15. The van der Waals surface area contributed by atoms with Crippen molar-refractivity contribution < 1.29 is 4.79 Å². The fourth-order valence-electron chi connectivity index (χ4n) is 1.25. The molecule has 5 heteroatoms. The van der Waals surface area contributed by atoms with E-state index in [4.69, 9.17) is 5.73 Å². The summed E-state index contributed by atoms with van der Waals surface area (Å²) in [4.78, 5) is 15.9. The Labute approximate surface area is 100 Å². The number of carbonyl (C=O) groups excluding carboxylic acids is 1. The highest BCUT2D eigenvalue weighted by atomic mass is 32.1. The lowest BCUT2D eigenvalue weighted by molar-refractivity contribution is -0.117. The van der Waals surface area contributed by atoms with E-state index in [-0.39, 0.29) is 5.91 Å². The Morgan fingerprint density at radius 3 is 2.81 bits per heavy atom. The number of nitrogens with zero attached hydrogens (tertiary/aromatic N) is 1. The van der Waals surface area contributed by atoms with Crippen LogP contribution in [0.15, 0.2) is 5.38 Å². The number of anilines is 1. The van der Waals surface area contributed by atoms with Gasteiger partial charge in [-0.25, -0.2) is 4.98 Å². The first-order chi connectivity index (χ1) is 7.54. The van der Waals surface area contributed by atoms with E-state index < -0.39 is 6.04 Å². The van der Waals surface area contributed by atoms with Crippen LogP contribution in [0.2, 0.25) is 0 Å². The lowest BCUT2D eigenvalue weighted by Crippen LogP contribution is -2.35. The van der Waals surface area contributed by atoms with Crippen LogP contribution in [-0.4, -0.2) is 16.9 Å². The van der Waals surface area contributed by atoms with Gasteiger partial charge in [0.15, 0.2) is 5.13 Å². The standard InChI is InChI=1S/C11H19N3OS/c1-4-5-8(12)10(15)14-11-13-9(6-16-11)7(2)3/h6-8H,4-5,12H2,1-3H3,(H,13,14,15)/t8-/m1/s1. The maximum atomic E-state index is 11.6. The van der Waals surface area contributed by atoms with Crippen LogP contribution in [0, 0.1) is 0 Å². The van der Waals surface area contributed by atoms with Gasteiger partial charge in [0.05, 0.1) is 11.7 Å². The number of hydrogen-bond acceptors (Lipinski definition) is 4. The van der Waals surface area contributed by atoms with Crippen LogP contribution in [0.4, 0.5) is 5.13 Å². The topological polar surface area (TPSA) is 68.0 Å². The fraction of sp³-hybridized carbons (Fsp3) is 0.636. The summed E-state index contributed by atoms with van der Waals surface area (Å²) in [5, 5.41) is 5.35. The minimum Gasteiger partial charge on any atom is -0.320 e. The van der Waals surface area contributed by atoms with Crippen molar-refractivity contribution >= 4 is 22.4 Å². The van der Waals surface area contributed by atoms with Gasteiger partial charge in [0.2, 0.25) is 5.91 Å². The average molecular weight is 241 g/mol. The summed E-state index contributed by atoms with van der Waals surface area (Å²) >= 11 is 1.44. The molecular formula is C11H19N3OS. The molecule has 1 amide bonds. The lowest BCUT2D eigenvalue weighted by atomic mass is 10.2. The number of nitrogens with two attached hydrogens (primary N) is 1. The lowest BCUT2D eigenvalue weighted by Gasteiger charge is -2.08. The van der Waals surface area contributed by atoms with Crippen molar-refractivity contribution in [2.75, 3.05) is 5.32 Å². The zero-order valence-corrected chi connectivity index (χ0v) is 10.8. The molecule has 4 nitrogen and oxygen atoms in total. The number of amides is 1. The molecule has 0 radical (unpaired) electrons. The van der Waals surface area contributed by atoms with Crippen LogP contribution in [-0.2, 0) is 4.79 Å². The van der Waals surface area contributed by atoms with E-state index in [1.54, 1.807) is 0 Å². The minimum absolute atomic E-state index is 0.147. The first kappa shape index (κ1) is 13.1. The highest BCUT2D eigenvalue weighted by molar-refractivity contribution is 7.13. The quantitative estimate of drug-likeness (QED) is 0.831. The SMILES string of the molecule is CCC[C@@H](N)C(=O)Nc1nc(C(C)C)cs1. The minimum atomic E-state index is -0.434. The highest BCUT2D eigenvalue weighted by Crippen LogP contribution is 2.21. The molecule has 1 atom stereocenters.